The van der Waals surface area contributed by atoms with E-state index in [1.54, 1.807) is 7.05 Å². The summed E-state index contributed by atoms with van der Waals surface area (Å²) in [5.41, 5.74) is 1.04. The van der Waals surface area contributed by atoms with Gasteiger partial charge >= 0.3 is 0 Å². The number of aryl methyl sites for hydroxylation is 1. The van der Waals surface area contributed by atoms with E-state index in [1.165, 1.54) is 0 Å². The fourth-order valence-corrected chi connectivity index (χ4v) is 1.52. The molecule has 0 bridgehead atoms. The van der Waals surface area contributed by atoms with Crippen LogP contribution >= 0.6 is 0 Å². The largest absolute Gasteiger partial charge is 0.454 e. The Morgan fingerprint density at radius 1 is 1.44 bits per heavy atom. The molecule has 1 aromatic carbocycles. The van der Waals surface area contributed by atoms with Crippen LogP contribution in [0, 0.1) is 0 Å². The van der Waals surface area contributed by atoms with Crippen LogP contribution in [-0.2, 0) is 11.2 Å². The summed E-state index contributed by atoms with van der Waals surface area (Å²) in [7, 11) is 1.54. The van der Waals surface area contributed by atoms with Crippen LogP contribution in [0.1, 0.15) is 12.0 Å². The molecule has 2 rings (SSSR count). The van der Waals surface area contributed by atoms with E-state index in [9.17, 15) is 4.79 Å². The van der Waals surface area contributed by atoms with Gasteiger partial charge in [0, 0.05) is 13.5 Å². The summed E-state index contributed by atoms with van der Waals surface area (Å²) < 4.78 is 10.5. The zero-order valence-corrected chi connectivity index (χ0v) is 9.10. The Morgan fingerprint density at radius 3 is 2.94 bits per heavy atom. The number of nitrogens with zero attached hydrogens (tertiary/aromatic N) is 1. The Morgan fingerprint density at radius 2 is 2.19 bits per heavy atom. The number of carbonyl (C=O) groups excluding carboxylic acids is 1. The molecular weight excluding hydrogens is 208 g/mol. The van der Waals surface area contributed by atoms with Crippen molar-refractivity contribution in [2.45, 2.75) is 12.8 Å². The van der Waals surface area contributed by atoms with Gasteiger partial charge < -0.3 is 9.47 Å². The highest BCUT2D eigenvalue weighted by atomic mass is 16.7. The molecule has 1 aliphatic rings. The molecule has 0 unspecified atom stereocenters. The monoisotopic (exact) mass is 222 g/mol. The standard InChI is InChI=1S/C11H14N2O3/c1-13(12)11(14)5-3-8-2-4-9-10(6-8)16-7-15-9/h2,4,6H,3,5,7,12H2,1H3. The Hall–Kier alpha value is -1.75. The fourth-order valence-electron chi connectivity index (χ4n) is 1.52. The summed E-state index contributed by atoms with van der Waals surface area (Å²) in [4.78, 5) is 11.3. The summed E-state index contributed by atoms with van der Waals surface area (Å²) in [6.07, 6.45) is 1.05. The van der Waals surface area contributed by atoms with Crippen LogP contribution in [0.2, 0.25) is 0 Å². The lowest BCUT2D eigenvalue weighted by Crippen LogP contribution is -2.33. The smallest absolute Gasteiger partial charge is 0.236 e. The van der Waals surface area contributed by atoms with Crippen molar-refractivity contribution in [3.8, 4) is 11.5 Å². The van der Waals surface area contributed by atoms with Crippen molar-refractivity contribution >= 4 is 5.91 Å². The highest BCUT2D eigenvalue weighted by molar-refractivity contribution is 5.75. The molecule has 5 nitrogen and oxygen atoms in total. The number of carbonyl (C=O) groups is 1. The lowest BCUT2D eigenvalue weighted by Gasteiger charge is -2.09. The second-order valence-corrected chi connectivity index (χ2v) is 3.69. The highest BCUT2D eigenvalue weighted by Gasteiger charge is 2.13. The van der Waals surface area contributed by atoms with Crippen molar-refractivity contribution in [1.82, 2.24) is 5.01 Å². The van der Waals surface area contributed by atoms with Crippen molar-refractivity contribution in [3.05, 3.63) is 23.8 Å². The maximum atomic E-state index is 11.3. The first-order valence-corrected chi connectivity index (χ1v) is 5.06. The van der Waals surface area contributed by atoms with Crippen LogP contribution in [0.4, 0.5) is 0 Å². The molecule has 86 valence electrons. The number of hydrogen-bond acceptors (Lipinski definition) is 4. The van der Waals surface area contributed by atoms with E-state index >= 15 is 0 Å². The van der Waals surface area contributed by atoms with Crippen LogP contribution in [0.3, 0.4) is 0 Å². The van der Waals surface area contributed by atoms with Crippen LogP contribution in [0.15, 0.2) is 18.2 Å². The van der Waals surface area contributed by atoms with E-state index in [1.807, 2.05) is 18.2 Å². The Labute approximate surface area is 93.7 Å². The van der Waals surface area contributed by atoms with Crippen molar-refractivity contribution in [2.24, 2.45) is 5.84 Å². The first-order chi connectivity index (χ1) is 7.66. The van der Waals surface area contributed by atoms with Gasteiger partial charge in [-0.1, -0.05) is 6.07 Å². The maximum Gasteiger partial charge on any atom is 0.236 e. The van der Waals surface area contributed by atoms with Gasteiger partial charge in [0.05, 0.1) is 0 Å². The van der Waals surface area contributed by atoms with E-state index in [0.717, 1.165) is 22.1 Å². The quantitative estimate of drug-likeness (QED) is 0.464. The molecule has 1 amide bonds. The van der Waals surface area contributed by atoms with Gasteiger partial charge in [0.2, 0.25) is 12.7 Å². The van der Waals surface area contributed by atoms with Gasteiger partial charge in [-0.25, -0.2) is 5.84 Å². The molecule has 0 spiro atoms. The Bertz CT molecular complexity index is 404. The fraction of sp³-hybridized carbons (Fsp3) is 0.364. The number of fused-ring (bicyclic) bond motifs is 1. The van der Waals surface area contributed by atoms with Crippen molar-refractivity contribution in [3.63, 3.8) is 0 Å². The number of hydrogen-bond donors (Lipinski definition) is 1. The summed E-state index contributed by atoms with van der Waals surface area (Å²) in [5, 5.41) is 1.10. The lowest BCUT2D eigenvalue weighted by molar-refractivity contribution is -0.130. The molecule has 1 aromatic rings. The number of hydrazine groups is 1. The van der Waals surface area contributed by atoms with Crippen molar-refractivity contribution in [1.29, 1.82) is 0 Å². The third-order valence-corrected chi connectivity index (χ3v) is 2.46. The van der Waals surface area contributed by atoms with Crippen LogP contribution in [0.25, 0.3) is 0 Å². The highest BCUT2D eigenvalue weighted by Crippen LogP contribution is 2.32. The maximum absolute atomic E-state index is 11.3. The van der Waals surface area contributed by atoms with Gasteiger partial charge in [0.25, 0.3) is 0 Å². The molecule has 0 aromatic heterocycles. The minimum absolute atomic E-state index is 0.0855. The SMILES string of the molecule is CN(N)C(=O)CCc1ccc2c(c1)OCO2. The molecule has 0 fully saturated rings. The molecule has 2 N–H and O–H groups in total. The molecule has 0 radical (unpaired) electrons. The molecule has 16 heavy (non-hydrogen) atoms. The second-order valence-electron chi connectivity index (χ2n) is 3.69. The third-order valence-electron chi connectivity index (χ3n) is 2.46. The molecule has 5 heteroatoms. The third kappa shape index (κ3) is 2.25. The molecule has 1 heterocycles. The van der Waals surface area contributed by atoms with E-state index < -0.39 is 0 Å². The Balaban J connectivity index is 1.98. The zero-order chi connectivity index (χ0) is 11.5. The van der Waals surface area contributed by atoms with Gasteiger partial charge in [-0.3, -0.25) is 9.80 Å². The first kappa shape index (κ1) is 10.8. The summed E-state index contributed by atoms with van der Waals surface area (Å²) in [6, 6.07) is 5.68. The molecule has 1 aliphatic heterocycles. The van der Waals surface area contributed by atoms with Crippen molar-refractivity contribution < 1.29 is 14.3 Å². The van der Waals surface area contributed by atoms with Crippen LogP contribution in [-0.4, -0.2) is 24.8 Å². The second kappa shape index (κ2) is 4.40. The first-order valence-electron chi connectivity index (χ1n) is 5.06. The van der Waals surface area contributed by atoms with Gasteiger partial charge in [0.15, 0.2) is 11.5 Å². The topological polar surface area (TPSA) is 64.8 Å². The number of rotatable bonds is 3. The zero-order valence-electron chi connectivity index (χ0n) is 9.10. The average molecular weight is 222 g/mol. The normalized spacial score (nSPS) is 12.6. The predicted octanol–water partition coefficient (Wildman–Crippen LogP) is 0.680. The molecule has 0 saturated heterocycles. The van der Waals surface area contributed by atoms with Gasteiger partial charge in [-0.2, -0.15) is 0 Å². The minimum Gasteiger partial charge on any atom is -0.454 e. The average Bonchev–Trinajstić information content (AvgIpc) is 2.72. The number of benzene rings is 1. The van der Waals surface area contributed by atoms with E-state index in [2.05, 4.69) is 0 Å². The predicted molar refractivity (Wildman–Crippen MR) is 57.8 cm³/mol. The summed E-state index contributed by atoms with van der Waals surface area (Å²) >= 11 is 0. The van der Waals surface area contributed by atoms with E-state index in [-0.39, 0.29) is 12.7 Å². The molecule has 0 atom stereocenters. The number of ether oxygens (including phenoxy) is 2. The molecular formula is C11H14N2O3. The summed E-state index contributed by atoms with van der Waals surface area (Å²) in [6.45, 7) is 0.267. The van der Waals surface area contributed by atoms with Crippen LogP contribution in [0.5, 0.6) is 11.5 Å². The van der Waals surface area contributed by atoms with Gasteiger partial charge in [-0.05, 0) is 24.1 Å². The molecule has 0 aliphatic carbocycles. The van der Waals surface area contributed by atoms with Crippen molar-refractivity contribution in [2.75, 3.05) is 13.8 Å². The van der Waals surface area contributed by atoms with E-state index in [0.29, 0.717) is 12.8 Å². The van der Waals surface area contributed by atoms with Gasteiger partial charge in [-0.15, -0.1) is 0 Å². The molecule has 0 saturated carbocycles. The Kier molecular flexibility index (Phi) is 2.96. The van der Waals surface area contributed by atoms with E-state index in [4.69, 9.17) is 15.3 Å². The number of nitrogens with two attached hydrogens (primary N) is 1. The lowest BCUT2D eigenvalue weighted by atomic mass is 10.1. The number of amides is 1. The van der Waals surface area contributed by atoms with Gasteiger partial charge in [0.1, 0.15) is 0 Å². The summed E-state index contributed by atoms with van der Waals surface area (Å²) in [5.74, 6) is 6.74. The minimum atomic E-state index is -0.0855. The van der Waals surface area contributed by atoms with Crippen LogP contribution < -0.4 is 15.3 Å².